The van der Waals surface area contributed by atoms with Gasteiger partial charge in [-0.3, -0.25) is 0 Å². The van der Waals surface area contributed by atoms with Crippen LogP contribution in [0.4, 0.5) is 5.69 Å². The lowest BCUT2D eigenvalue weighted by Gasteiger charge is -2.21. The average molecular weight is 273 g/mol. The molecule has 0 saturated carbocycles. The van der Waals surface area contributed by atoms with Crippen LogP contribution >= 0.6 is 0 Å². The third-order valence-corrected chi connectivity index (χ3v) is 4.95. The summed E-state index contributed by atoms with van der Waals surface area (Å²) in [5.74, 6) is 0.815. The van der Waals surface area contributed by atoms with Gasteiger partial charge in [0, 0.05) is 24.3 Å². The Morgan fingerprint density at radius 2 is 2.20 bits per heavy atom. The number of nitrogens with zero attached hydrogens (tertiary/aromatic N) is 1. The number of hydrogen-bond acceptors (Lipinski definition) is 3. The van der Waals surface area contributed by atoms with Crippen LogP contribution in [0.5, 0.6) is 0 Å². The van der Waals surface area contributed by atoms with Gasteiger partial charge >= 0.3 is 0 Å². The Labute approximate surface area is 122 Å². The van der Waals surface area contributed by atoms with Gasteiger partial charge in [0.1, 0.15) is 0 Å². The van der Waals surface area contributed by atoms with Crippen LogP contribution < -0.4 is 11.1 Å². The maximum atomic E-state index is 5.87. The molecule has 2 unspecified atom stereocenters. The van der Waals surface area contributed by atoms with Crippen LogP contribution in [0, 0.1) is 5.92 Å². The van der Waals surface area contributed by atoms with Gasteiger partial charge in [-0.25, -0.2) is 0 Å². The second-order valence-electron chi connectivity index (χ2n) is 6.70. The molecule has 2 aliphatic rings. The number of nitrogen functional groups attached to an aromatic ring is 1. The normalized spacial score (nSPS) is 26.4. The quantitative estimate of drug-likeness (QED) is 0.829. The number of benzene rings is 1. The molecular formula is C17H27N3. The van der Waals surface area contributed by atoms with E-state index in [2.05, 4.69) is 36.2 Å². The predicted molar refractivity (Wildman–Crippen MR) is 84.7 cm³/mol. The van der Waals surface area contributed by atoms with Crippen molar-refractivity contribution in [1.82, 2.24) is 10.2 Å². The van der Waals surface area contributed by atoms with Crippen LogP contribution in [-0.2, 0) is 6.42 Å². The van der Waals surface area contributed by atoms with Gasteiger partial charge in [0.05, 0.1) is 0 Å². The Bertz CT molecular complexity index is 469. The monoisotopic (exact) mass is 273 g/mol. The summed E-state index contributed by atoms with van der Waals surface area (Å²) in [7, 11) is 0. The molecule has 110 valence electrons. The standard InChI is InChI=1S/C17H27N3/c1-12(2)20-8-7-13(11-20)10-19-17-6-3-14-9-15(18)4-5-16(14)17/h4-5,9,12-13,17,19H,3,6-8,10-11,18H2,1-2H3. The Kier molecular flexibility index (Phi) is 3.99. The number of rotatable bonds is 4. The minimum Gasteiger partial charge on any atom is -0.399 e. The first-order valence-electron chi connectivity index (χ1n) is 7.99. The van der Waals surface area contributed by atoms with Crippen LogP contribution in [0.15, 0.2) is 18.2 Å². The largest absolute Gasteiger partial charge is 0.399 e. The van der Waals surface area contributed by atoms with E-state index in [4.69, 9.17) is 5.73 Å². The molecule has 0 radical (unpaired) electrons. The minimum atomic E-state index is 0.540. The molecule has 1 aliphatic carbocycles. The Hall–Kier alpha value is -1.06. The van der Waals surface area contributed by atoms with Crippen LogP contribution in [0.25, 0.3) is 0 Å². The van der Waals surface area contributed by atoms with Gasteiger partial charge in [0.15, 0.2) is 0 Å². The highest BCUT2D eigenvalue weighted by Crippen LogP contribution is 2.32. The lowest BCUT2D eigenvalue weighted by molar-refractivity contribution is 0.262. The minimum absolute atomic E-state index is 0.540. The van der Waals surface area contributed by atoms with Gasteiger partial charge in [0.25, 0.3) is 0 Å². The molecule has 1 saturated heterocycles. The molecule has 0 bridgehead atoms. The fourth-order valence-electron chi connectivity index (χ4n) is 3.66. The molecule has 1 aromatic carbocycles. The summed E-state index contributed by atoms with van der Waals surface area (Å²) in [6, 6.07) is 7.63. The van der Waals surface area contributed by atoms with E-state index in [0.717, 1.165) is 18.2 Å². The van der Waals surface area contributed by atoms with Gasteiger partial charge in [-0.05, 0) is 75.4 Å². The molecule has 3 heteroatoms. The highest BCUT2D eigenvalue weighted by molar-refractivity contribution is 5.47. The highest BCUT2D eigenvalue weighted by atomic mass is 15.2. The van der Waals surface area contributed by atoms with E-state index in [1.54, 1.807) is 0 Å². The molecule has 0 amide bonds. The lowest BCUT2D eigenvalue weighted by Crippen LogP contribution is -2.31. The smallest absolute Gasteiger partial charge is 0.0326 e. The molecule has 20 heavy (non-hydrogen) atoms. The molecule has 1 aliphatic heterocycles. The maximum absolute atomic E-state index is 5.87. The molecule has 2 atom stereocenters. The summed E-state index contributed by atoms with van der Waals surface area (Å²) >= 11 is 0. The van der Waals surface area contributed by atoms with E-state index < -0.39 is 0 Å². The molecule has 3 N–H and O–H groups in total. The number of anilines is 1. The SMILES string of the molecule is CC(C)N1CCC(CNC2CCc3cc(N)ccc32)C1. The summed E-state index contributed by atoms with van der Waals surface area (Å²) in [4.78, 5) is 2.59. The number of nitrogens with two attached hydrogens (primary N) is 1. The Balaban J connectivity index is 1.54. The van der Waals surface area contributed by atoms with Crippen molar-refractivity contribution in [3.05, 3.63) is 29.3 Å². The number of hydrogen-bond donors (Lipinski definition) is 2. The van der Waals surface area contributed by atoms with Gasteiger partial charge in [-0.2, -0.15) is 0 Å². The van der Waals surface area contributed by atoms with E-state index >= 15 is 0 Å². The third-order valence-electron chi connectivity index (χ3n) is 4.95. The molecule has 0 aromatic heterocycles. The molecule has 3 nitrogen and oxygen atoms in total. The first kappa shape index (κ1) is 13.9. The topological polar surface area (TPSA) is 41.3 Å². The van der Waals surface area contributed by atoms with Crippen molar-refractivity contribution >= 4 is 5.69 Å². The highest BCUT2D eigenvalue weighted by Gasteiger charge is 2.27. The maximum Gasteiger partial charge on any atom is 0.0326 e. The van der Waals surface area contributed by atoms with E-state index in [1.165, 1.54) is 43.5 Å². The van der Waals surface area contributed by atoms with Crippen LogP contribution in [0.3, 0.4) is 0 Å². The number of likely N-dealkylation sites (tertiary alicyclic amines) is 1. The number of fused-ring (bicyclic) bond motifs is 1. The second kappa shape index (κ2) is 5.74. The molecule has 1 heterocycles. The number of nitrogens with one attached hydrogen (secondary N) is 1. The molecular weight excluding hydrogens is 246 g/mol. The summed E-state index contributed by atoms with van der Waals surface area (Å²) in [6.07, 6.45) is 3.73. The van der Waals surface area contributed by atoms with Crippen LogP contribution in [0.2, 0.25) is 0 Å². The van der Waals surface area contributed by atoms with E-state index in [0.29, 0.717) is 12.1 Å². The summed E-state index contributed by atoms with van der Waals surface area (Å²) in [6.45, 7) is 8.27. The van der Waals surface area contributed by atoms with Gasteiger partial charge in [0.2, 0.25) is 0 Å². The van der Waals surface area contributed by atoms with Crippen LogP contribution in [-0.4, -0.2) is 30.6 Å². The zero-order valence-electron chi connectivity index (χ0n) is 12.7. The second-order valence-corrected chi connectivity index (χ2v) is 6.70. The summed E-state index contributed by atoms with van der Waals surface area (Å²) in [5, 5.41) is 3.79. The first-order valence-corrected chi connectivity index (χ1v) is 7.99. The van der Waals surface area contributed by atoms with Crippen molar-refractivity contribution in [2.45, 2.75) is 45.2 Å². The third kappa shape index (κ3) is 2.84. The van der Waals surface area contributed by atoms with Crippen molar-refractivity contribution in [1.29, 1.82) is 0 Å². The lowest BCUT2D eigenvalue weighted by atomic mass is 10.1. The van der Waals surface area contributed by atoms with Gasteiger partial charge in [-0.15, -0.1) is 0 Å². The Morgan fingerprint density at radius 3 is 2.95 bits per heavy atom. The average Bonchev–Trinajstić information content (AvgIpc) is 3.02. The predicted octanol–water partition coefficient (Wildman–Crippen LogP) is 2.58. The van der Waals surface area contributed by atoms with E-state index in [9.17, 15) is 0 Å². The van der Waals surface area contributed by atoms with Gasteiger partial charge < -0.3 is 16.0 Å². The fraction of sp³-hybridized carbons (Fsp3) is 0.647. The Morgan fingerprint density at radius 1 is 1.35 bits per heavy atom. The molecule has 0 spiro atoms. The fourth-order valence-corrected chi connectivity index (χ4v) is 3.66. The molecule has 1 aromatic rings. The molecule has 1 fully saturated rings. The number of aryl methyl sites for hydroxylation is 1. The van der Waals surface area contributed by atoms with E-state index in [-0.39, 0.29) is 0 Å². The van der Waals surface area contributed by atoms with Crippen LogP contribution in [0.1, 0.15) is 43.9 Å². The van der Waals surface area contributed by atoms with Gasteiger partial charge in [-0.1, -0.05) is 6.07 Å². The zero-order chi connectivity index (χ0) is 14.1. The summed E-state index contributed by atoms with van der Waals surface area (Å²) in [5.41, 5.74) is 9.68. The van der Waals surface area contributed by atoms with Crippen molar-refractivity contribution in [2.24, 2.45) is 5.92 Å². The summed E-state index contributed by atoms with van der Waals surface area (Å²) < 4.78 is 0. The van der Waals surface area contributed by atoms with Crippen molar-refractivity contribution in [3.63, 3.8) is 0 Å². The zero-order valence-corrected chi connectivity index (χ0v) is 12.7. The molecule has 3 rings (SSSR count). The van der Waals surface area contributed by atoms with Crippen molar-refractivity contribution < 1.29 is 0 Å². The van der Waals surface area contributed by atoms with Crippen molar-refractivity contribution in [3.8, 4) is 0 Å². The van der Waals surface area contributed by atoms with Crippen molar-refractivity contribution in [2.75, 3.05) is 25.4 Å². The van der Waals surface area contributed by atoms with E-state index in [1.807, 2.05) is 6.07 Å². The first-order chi connectivity index (χ1) is 9.63.